The lowest BCUT2D eigenvalue weighted by Gasteiger charge is -2.36. The Morgan fingerprint density at radius 2 is 1.17 bits per heavy atom. The van der Waals surface area contributed by atoms with Crippen LogP contribution in [-0.2, 0) is 9.47 Å². The number of nitrogens with zero attached hydrogens (tertiary/aromatic N) is 2. The van der Waals surface area contributed by atoms with Gasteiger partial charge in [0.1, 0.15) is 17.1 Å². The van der Waals surface area contributed by atoms with Crippen LogP contribution in [0.15, 0.2) is 97.1 Å². The Balaban J connectivity index is 1.39. The standard InChI is InChI=1S/C47H49ClF3N3O5Si/c1-53(31-15-9-7-10-16-31)33-19-21-35-37(29-33)60(3,4)38-30-34(54(2)32-17-11-8-12-18-32)20-22-36(38)39(35)40-41(47(56)57)44(50)45(51)42(43(40)49)46(55)52-24-26-59-28-27-58-25-14-6-5-13-23-48/h7-12,15-22,29-30H,5-6,13-14,23-28H2,1-4H3,(H-,52,55,56,57). The number of carboxylic acid groups (broad SMARTS) is 1. The van der Waals surface area contributed by atoms with Gasteiger partial charge < -0.3 is 34.5 Å². The van der Waals surface area contributed by atoms with Crippen LogP contribution in [0.1, 0.15) is 63.1 Å². The van der Waals surface area contributed by atoms with E-state index in [1.807, 2.05) is 109 Å². The van der Waals surface area contributed by atoms with Crippen LogP contribution in [0, 0.1) is 23.4 Å². The van der Waals surface area contributed by atoms with E-state index in [0.29, 0.717) is 30.2 Å². The fourth-order valence-corrected chi connectivity index (χ4v) is 11.0. The zero-order valence-corrected chi connectivity index (χ0v) is 36.0. The Morgan fingerprint density at radius 1 is 0.667 bits per heavy atom. The molecule has 6 rings (SSSR count). The molecular weight excluding hydrogens is 807 g/mol. The number of carbonyl (C=O) groups is 2. The summed E-state index contributed by atoms with van der Waals surface area (Å²) in [5, 5.41) is 16.8. The summed E-state index contributed by atoms with van der Waals surface area (Å²) in [7, 11) is 1.07. The van der Waals surface area contributed by atoms with Crippen molar-refractivity contribution in [3.8, 4) is 0 Å². The van der Waals surface area contributed by atoms with Crippen molar-refractivity contribution in [1.29, 1.82) is 0 Å². The third kappa shape index (κ3) is 9.37. The van der Waals surface area contributed by atoms with E-state index >= 15 is 13.2 Å². The first kappa shape index (κ1) is 44.3. The fraction of sp³-hybridized carbons (Fsp3) is 0.298. The van der Waals surface area contributed by atoms with Crippen molar-refractivity contribution < 1.29 is 37.3 Å². The van der Waals surface area contributed by atoms with Crippen LogP contribution in [0.2, 0.25) is 13.1 Å². The van der Waals surface area contributed by atoms with Crippen LogP contribution in [0.3, 0.4) is 0 Å². The lowest BCUT2D eigenvalue weighted by atomic mass is 9.80. The number of amides is 1. The number of alkyl halides is 1. The minimum absolute atomic E-state index is 0.0154. The number of hydrogen-bond donors (Lipinski definition) is 1. The zero-order valence-electron chi connectivity index (χ0n) is 34.3. The summed E-state index contributed by atoms with van der Waals surface area (Å²) in [6.07, 6.45) is 3.90. The number of carbonyl (C=O) groups excluding carboxylic acids is 2. The van der Waals surface area contributed by atoms with Gasteiger partial charge in [-0.2, -0.15) is 8.78 Å². The Morgan fingerprint density at radius 3 is 1.68 bits per heavy atom. The van der Waals surface area contributed by atoms with Crippen molar-refractivity contribution >= 4 is 64.7 Å². The number of nitrogens with one attached hydrogen (secondary N) is 1. The molecule has 1 amide bonds. The molecular formula is C47H49ClF3N3O5Si. The zero-order chi connectivity index (χ0) is 43.0. The predicted octanol–water partition coefficient (Wildman–Crippen LogP) is 7.72. The summed E-state index contributed by atoms with van der Waals surface area (Å²) in [4.78, 5) is 30.3. The van der Waals surface area contributed by atoms with E-state index in [4.69, 9.17) is 21.1 Å². The van der Waals surface area contributed by atoms with Crippen molar-refractivity contribution in [1.82, 2.24) is 5.32 Å². The third-order valence-electron chi connectivity index (χ3n) is 11.0. The number of hydrogen-bond acceptors (Lipinski definition) is 7. The van der Waals surface area contributed by atoms with Crippen molar-refractivity contribution in [3.63, 3.8) is 0 Å². The van der Waals surface area contributed by atoms with E-state index in [0.717, 1.165) is 58.8 Å². The average molecular weight is 856 g/mol. The molecule has 0 atom stereocenters. The molecule has 1 aliphatic rings. The molecule has 314 valence electrons. The smallest absolute Gasteiger partial charge is 0.263 e. The molecule has 0 radical (unpaired) electrons. The highest BCUT2D eigenvalue weighted by Crippen LogP contribution is 2.42. The highest BCUT2D eigenvalue weighted by atomic mass is 35.5. The minimum Gasteiger partial charge on any atom is -0.538 e. The van der Waals surface area contributed by atoms with Crippen LogP contribution in [0.25, 0.3) is 0 Å². The molecule has 1 heterocycles. The van der Waals surface area contributed by atoms with E-state index in [9.17, 15) is 14.7 Å². The average Bonchev–Trinajstić information content (AvgIpc) is 3.25. The second kappa shape index (κ2) is 19.9. The van der Waals surface area contributed by atoms with Crippen molar-refractivity contribution in [3.05, 3.63) is 148 Å². The van der Waals surface area contributed by atoms with Crippen LogP contribution in [0.4, 0.5) is 35.9 Å². The molecule has 5 aromatic carbocycles. The summed E-state index contributed by atoms with van der Waals surface area (Å²) in [5.74, 6) is -8.09. The van der Waals surface area contributed by atoms with Gasteiger partial charge in [-0.25, -0.2) is 4.39 Å². The molecule has 13 heteroatoms. The van der Waals surface area contributed by atoms with E-state index in [2.05, 4.69) is 18.4 Å². The van der Waals surface area contributed by atoms with Gasteiger partial charge in [0.15, 0.2) is 25.5 Å². The first-order chi connectivity index (χ1) is 28.9. The Labute approximate surface area is 355 Å². The number of rotatable bonds is 19. The van der Waals surface area contributed by atoms with Gasteiger partial charge in [-0.15, -0.1) is 11.6 Å². The lowest BCUT2D eigenvalue weighted by molar-refractivity contribution is -0.255. The molecule has 0 fully saturated rings. The molecule has 60 heavy (non-hydrogen) atoms. The van der Waals surface area contributed by atoms with Gasteiger partial charge in [0.2, 0.25) is 0 Å². The van der Waals surface area contributed by atoms with E-state index in [-0.39, 0.29) is 25.7 Å². The summed E-state index contributed by atoms with van der Waals surface area (Å²) in [6, 6.07) is 30.5. The first-order valence-corrected chi connectivity index (χ1v) is 23.6. The van der Waals surface area contributed by atoms with Crippen LogP contribution in [0.5, 0.6) is 0 Å². The van der Waals surface area contributed by atoms with Gasteiger partial charge in [0.25, 0.3) is 5.91 Å². The van der Waals surface area contributed by atoms with Crippen LogP contribution >= 0.6 is 11.6 Å². The number of halogens is 4. The number of benzene rings is 5. The van der Waals surface area contributed by atoms with Gasteiger partial charge in [-0.1, -0.05) is 62.3 Å². The van der Waals surface area contributed by atoms with Gasteiger partial charge >= 0.3 is 0 Å². The molecule has 0 spiro atoms. The van der Waals surface area contributed by atoms with Crippen LogP contribution in [-0.4, -0.2) is 72.9 Å². The number of carboxylic acids is 1. The molecule has 5 aromatic rings. The fourth-order valence-electron chi connectivity index (χ4n) is 7.70. The maximum Gasteiger partial charge on any atom is 0.263 e. The third-order valence-corrected chi connectivity index (χ3v) is 14.8. The monoisotopic (exact) mass is 855 g/mol. The molecule has 1 aliphatic heterocycles. The molecule has 0 unspecified atom stereocenters. The minimum atomic E-state index is -2.76. The van der Waals surface area contributed by atoms with E-state index in [1.165, 1.54) is 0 Å². The number of aromatic carboxylic acids is 1. The number of anilines is 4. The van der Waals surface area contributed by atoms with Crippen molar-refractivity contribution in [2.45, 2.75) is 38.8 Å². The molecule has 0 aliphatic carbocycles. The van der Waals surface area contributed by atoms with Gasteiger partial charge in [0.05, 0.1) is 53.8 Å². The second-order valence-corrected chi connectivity index (χ2v) is 19.9. The number of para-hydroxylation sites is 2. The molecule has 0 aromatic heterocycles. The molecule has 0 saturated carbocycles. The first-order valence-electron chi connectivity index (χ1n) is 20.0. The summed E-state index contributed by atoms with van der Waals surface area (Å²) in [5.41, 5.74) is 0.990. The normalized spacial score (nSPS) is 12.8. The molecule has 0 saturated heterocycles. The SMILES string of the molecule is CN(c1ccccc1)c1ccc2c(c1)[Si](C)(C)c1cc(N(C)c3ccccc3)ccc1[C+]2c1c(F)c(C(=O)NCCOCCOCCCCCCCl)c(F)c(F)c1C(=O)[O-]. The summed E-state index contributed by atoms with van der Waals surface area (Å²) >= 11 is 5.70. The number of fused-ring (bicyclic) bond motifs is 2. The second-order valence-electron chi connectivity index (χ2n) is 15.2. The quantitative estimate of drug-likeness (QED) is 0.0299. The molecule has 0 bridgehead atoms. The van der Waals surface area contributed by atoms with E-state index < -0.39 is 54.1 Å². The Bertz CT molecular complexity index is 2200. The molecule has 1 N–H and O–H groups in total. The Hall–Kier alpha value is -5.27. The topological polar surface area (TPSA) is 94.2 Å². The number of unbranched alkanes of at least 4 members (excludes halogenated alkanes) is 3. The highest BCUT2D eigenvalue weighted by molar-refractivity contribution is 7.01. The van der Waals surface area contributed by atoms with Gasteiger partial charge in [-0.3, -0.25) is 4.79 Å². The molecule has 8 nitrogen and oxygen atoms in total. The maximum absolute atomic E-state index is 17.2. The maximum atomic E-state index is 17.2. The van der Waals surface area contributed by atoms with Crippen LogP contribution < -0.4 is 30.6 Å². The van der Waals surface area contributed by atoms with E-state index in [1.54, 1.807) is 12.1 Å². The summed E-state index contributed by atoms with van der Waals surface area (Å²) in [6.45, 7) is 5.22. The summed E-state index contributed by atoms with van der Waals surface area (Å²) < 4.78 is 60.3. The van der Waals surface area contributed by atoms with Gasteiger partial charge in [0, 0.05) is 44.5 Å². The van der Waals surface area contributed by atoms with Gasteiger partial charge in [-0.05, 0) is 83.9 Å². The largest absolute Gasteiger partial charge is 0.538 e. The van der Waals surface area contributed by atoms with Crippen molar-refractivity contribution in [2.75, 3.05) is 62.7 Å². The predicted molar refractivity (Wildman–Crippen MR) is 233 cm³/mol. The lowest BCUT2D eigenvalue weighted by Crippen LogP contribution is -2.59. The highest BCUT2D eigenvalue weighted by Gasteiger charge is 2.49. The Kier molecular flexibility index (Phi) is 14.7. The number of ether oxygens (including phenoxy) is 2. The van der Waals surface area contributed by atoms with Crippen molar-refractivity contribution in [2.24, 2.45) is 0 Å².